The molecule has 0 aromatic heterocycles. The molecule has 0 saturated heterocycles. The smallest absolute Gasteiger partial charge is 0.441 e. The minimum absolute atomic E-state index is 0.833. The SMILES string of the molecule is CC(=O)O.[C-]#[N+]Br. The van der Waals surface area contributed by atoms with E-state index in [-0.39, 0.29) is 0 Å². The van der Waals surface area contributed by atoms with Crippen molar-refractivity contribution in [1.82, 2.24) is 0 Å². The van der Waals surface area contributed by atoms with Crippen LogP contribution < -0.4 is 0 Å². The molecular formula is C3H4BrNO2. The van der Waals surface area contributed by atoms with Crippen molar-refractivity contribution in [3.05, 3.63) is 10.4 Å². The molecule has 3 nitrogen and oxygen atoms in total. The molecule has 0 radical (unpaired) electrons. The molecule has 4 heteroatoms. The average molecular weight is 166 g/mol. The maximum atomic E-state index is 9.00. The number of nitrogens with zero attached hydrogens (tertiary/aromatic N) is 1. The zero-order chi connectivity index (χ0) is 6.28. The monoisotopic (exact) mass is 165 g/mol. The molecule has 0 atom stereocenters. The third kappa shape index (κ3) is 205. The molecule has 1 N–H and O–H groups in total. The molecule has 0 aliphatic rings. The Kier molecular flexibility index (Phi) is 12.5. The molecule has 0 fully saturated rings. The van der Waals surface area contributed by atoms with Gasteiger partial charge in [0, 0.05) is 6.92 Å². The van der Waals surface area contributed by atoms with E-state index in [1.54, 1.807) is 0 Å². The molecule has 0 aliphatic carbocycles. The van der Waals surface area contributed by atoms with E-state index in [1.165, 1.54) is 0 Å². The predicted molar refractivity (Wildman–Crippen MR) is 28.8 cm³/mol. The standard InChI is InChI=1S/C2H4O2.CBrN/c1-2(3)4;1-3-2/h1H3,(H,3,4);. The molecular weight excluding hydrogens is 162 g/mol. The van der Waals surface area contributed by atoms with Crippen LogP contribution >= 0.6 is 16.1 Å². The van der Waals surface area contributed by atoms with Gasteiger partial charge in [-0.3, -0.25) is 4.79 Å². The highest BCUT2D eigenvalue weighted by Crippen LogP contribution is 1.69. The van der Waals surface area contributed by atoms with Gasteiger partial charge in [0.1, 0.15) is 0 Å². The lowest BCUT2D eigenvalue weighted by Crippen LogP contribution is -1.78. The third-order valence-electron chi connectivity index (χ3n) is 0. The van der Waals surface area contributed by atoms with Gasteiger partial charge >= 0.3 is 16.1 Å². The van der Waals surface area contributed by atoms with E-state index in [2.05, 4.69) is 20.0 Å². The summed E-state index contributed by atoms with van der Waals surface area (Å²) in [5.41, 5.74) is 0. The van der Waals surface area contributed by atoms with Gasteiger partial charge in [-0.25, -0.2) is 10.4 Å². The van der Waals surface area contributed by atoms with Crippen LogP contribution in [0.15, 0.2) is 0 Å². The summed E-state index contributed by atoms with van der Waals surface area (Å²) in [7, 11) is 0. The van der Waals surface area contributed by atoms with Crippen molar-refractivity contribution in [1.29, 1.82) is 0 Å². The number of hydrogen-bond acceptors (Lipinski definition) is 1. The van der Waals surface area contributed by atoms with Gasteiger partial charge in [-0.05, 0) is 0 Å². The van der Waals surface area contributed by atoms with Crippen molar-refractivity contribution in [2.45, 2.75) is 6.92 Å². The lowest BCUT2D eigenvalue weighted by molar-refractivity contribution is -0.134. The summed E-state index contributed by atoms with van der Waals surface area (Å²) in [5.74, 6) is -0.833. The Morgan fingerprint density at radius 1 is 2.00 bits per heavy atom. The van der Waals surface area contributed by atoms with E-state index < -0.39 is 5.97 Å². The van der Waals surface area contributed by atoms with Gasteiger partial charge in [0.15, 0.2) is 0 Å². The van der Waals surface area contributed by atoms with Crippen molar-refractivity contribution in [2.75, 3.05) is 0 Å². The lowest BCUT2D eigenvalue weighted by Gasteiger charge is -1.59. The molecule has 7 heavy (non-hydrogen) atoms. The van der Waals surface area contributed by atoms with Crippen molar-refractivity contribution in [3.63, 3.8) is 0 Å². The van der Waals surface area contributed by atoms with Crippen molar-refractivity contribution in [2.24, 2.45) is 0 Å². The molecule has 0 aromatic carbocycles. The first kappa shape index (κ1) is 9.67. The van der Waals surface area contributed by atoms with Crippen LogP contribution in [0.4, 0.5) is 0 Å². The fraction of sp³-hybridized carbons (Fsp3) is 0.333. The third-order valence-corrected chi connectivity index (χ3v) is 0. The minimum atomic E-state index is -0.833. The van der Waals surface area contributed by atoms with E-state index >= 15 is 0 Å². The summed E-state index contributed by atoms with van der Waals surface area (Å²) in [6.45, 7) is 6.83. The normalized spacial score (nSPS) is 4.71. The van der Waals surface area contributed by atoms with E-state index in [0.29, 0.717) is 0 Å². The van der Waals surface area contributed by atoms with Gasteiger partial charge in [0.05, 0.1) is 0 Å². The van der Waals surface area contributed by atoms with Crippen LogP contribution in [0.2, 0.25) is 0 Å². The Hall–Kier alpha value is -0.560. The van der Waals surface area contributed by atoms with Gasteiger partial charge in [0.25, 0.3) is 5.97 Å². The molecule has 0 unspecified atom stereocenters. The number of aliphatic carboxylic acids is 1. The fourth-order valence-corrected chi connectivity index (χ4v) is 0. The maximum Gasteiger partial charge on any atom is 0.441 e. The Labute approximate surface area is 50.1 Å². The number of rotatable bonds is 0. The van der Waals surface area contributed by atoms with Crippen molar-refractivity contribution < 1.29 is 9.90 Å². The first-order valence-corrected chi connectivity index (χ1v) is 2.03. The molecule has 0 spiro atoms. The Balaban J connectivity index is 0. The number of carbonyl (C=O) groups is 1. The minimum Gasteiger partial charge on any atom is -0.481 e. The van der Waals surface area contributed by atoms with E-state index in [1.807, 2.05) is 0 Å². The van der Waals surface area contributed by atoms with Gasteiger partial charge < -0.3 is 5.11 Å². The summed E-state index contributed by atoms with van der Waals surface area (Å²) in [6.07, 6.45) is 0. The molecule has 40 valence electrons. The first-order valence-electron chi connectivity index (χ1n) is 1.32. The molecule has 0 aliphatic heterocycles. The van der Waals surface area contributed by atoms with E-state index in [0.717, 1.165) is 6.92 Å². The van der Waals surface area contributed by atoms with E-state index in [4.69, 9.17) is 16.5 Å². The van der Waals surface area contributed by atoms with Crippen LogP contribution in [0.3, 0.4) is 0 Å². The molecule has 0 heterocycles. The van der Waals surface area contributed by atoms with Crippen LogP contribution in [-0.2, 0) is 4.79 Å². The largest absolute Gasteiger partial charge is 0.481 e. The summed E-state index contributed by atoms with van der Waals surface area (Å²) in [4.78, 5) is 9.00. The molecule has 0 rings (SSSR count). The average Bonchev–Trinajstić information content (AvgIpc) is 1.33. The van der Waals surface area contributed by atoms with Crippen LogP contribution in [0, 0.1) is 6.57 Å². The highest BCUT2D eigenvalue weighted by atomic mass is 79.9. The zero-order valence-corrected chi connectivity index (χ0v) is 5.27. The Morgan fingerprint density at radius 3 is 2.00 bits per heavy atom. The second-order valence-electron chi connectivity index (χ2n) is 0.604. The molecule has 0 amide bonds. The second-order valence-corrected chi connectivity index (χ2v) is 0.958. The van der Waals surface area contributed by atoms with Crippen LogP contribution in [0.1, 0.15) is 6.92 Å². The van der Waals surface area contributed by atoms with E-state index in [9.17, 15) is 0 Å². The zero-order valence-electron chi connectivity index (χ0n) is 3.68. The summed E-state index contributed by atoms with van der Waals surface area (Å²) >= 11 is 2.44. The van der Waals surface area contributed by atoms with Crippen molar-refractivity contribution in [3.8, 4) is 0 Å². The van der Waals surface area contributed by atoms with Gasteiger partial charge in [0.2, 0.25) is 0 Å². The second kappa shape index (κ2) is 9.06. The van der Waals surface area contributed by atoms with Gasteiger partial charge in [-0.15, -0.1) is 0 Å². The number of carboxylic acids is 1. The Morgan fingerprint density at radius 2 is 2.00 bits per heavy atom. The topological polar surface area (TPSA) is 41.7 Å². The Bertz CT molecular complexity index is 81.4. The van der Waals surface area contributed by atoms with Crippen LogP contribution in [-0.4, -0.2) is 11.1 Å². The highest BCUT2D eigenvalue weighted by molar-refractivity contribution is 9.10. The summed E-state index contributed by atoms with van der Waals surface area (Å²) in [5, 5.41) is 7.42. The maximum absolute atomic E-state index is 9.00. The first-order chi connectivity index (χ1) is 3.15. The number of hydrogen-bond donors (Lipinski definition) is 1. The number of carboxylic acid groups (broad SMARTS) is 1. The summed E-state index contributed by atoms with van der Waals surface area (Å²) in [6, 6.07) is 0. The highest BCUT2D eigenvalue weighted by Gasteiger charge is 1.65. The predicted octanol–water partition coefficient (Wildman–Crippen LogP) is 1.31. The molecule has 0 aromatic rings. The summed E-state index contributed by atoms with van der Waals surface area (Å²) < 4.78 is 2.56. The fourth-order valence-electron chi connectivity index (χ4n) is 0. The van der Waals surface area contributed by atoms with Gasteiger partial charge in [-0.1, -0.05) is 0 Å². The lowest BCUT2D eigenvalue weighted by atomic mass is 10.9. The quantitative estimate of drug-likeness (QED) is 0.551. The number of halogens is 1. The molecule has 0 saturated carbocycles. The van der Waals surface area contributed by atoms with Gasteiger partial charge in [-0.2, -0.15) is 0 Å². The van der Waals surface area contributed by atoms with Crippen molar-refractivity contribution >= 4 is 22.1 Å². The molecule has 0 bridgehead atoms. The van der Waals surface area contributed by atoms with Crippen LogP contribution in [0.25, 0.3) is 3.87 Å². The van der Waals surface area contributed by atoms with Crippen LogP contribution in [0.5, 0.6) is 0 Å².